The van der Waals surface area contributed by atoms with Gasteiger partial charge in [0.1, 0.15) is 0 Å². The van der Waals surface area contributed by atoms with Gasteiger partial charge in [0.05, 0.1) is 5.60 Å². The van der Waals surface area contributed by atoms with Gasteiger partial charge in [-0.1, -0.05) is 57.0 Å². The summed E-state index contributed by atoms with van der Waals surface area (Å²) in [5.74, 6) is 0.599. The van der Waals surface area contributed by atoms with E-state index in [1.807, 2.05) is 12.3 Å². The SMILES string of the molecule is CC(C)C1(NCC[C@@]2(c3ccccn3)CCOC3(CCCC3)C2)Cc2ccccc2C1. The van der Waals surface area contributed by atoms with Gasteiger partial charge in [-0.15, -0.1) is 0 Å². The number of ether oxygens (including phenoxy) is 1. The maximum atomic E-state index is 6.44. The normalized spacial score (nSPS) is 26.4. The zero-order valence-corrected chi connectivity index (χ0v) is 19.3. The van der Waals surface area contributed by atoms with E-state index in [1.165, 1.54) is 42.5 Å². The van der Waals surface area contributed by atoms with Gasteiger partial charge in [0.25, 0.3) is 0 Å². The van der Waals surface area contributed by atoms with E-state index in [4.69, 9.17) is 9.72 Å². The summed E-state index contributed by atoms with van der Waals surface area (Å²) >= 11 is 0. The smallest absolute Gasteiger partial charge is 0.0691 e. The molecule has 3 nitrogen and oxygen atoms in total. The third-order valence-corrected chi connectivity index (χ3v) is 8.69. The van der Waals surface area contributed by atoms with E-state index in [2.05, 4.69) is 55.6 Å². The van der Waals surface area contributed by atoms with Crippen LogP contribution in [0, 0.1) is 5.92 Å². The molecule has 2 heterocycles. The Morgan fingerprint density at radius 3 is 2.32 bits per heavy atom. The van der Waals surface area contributed by atoms with Crippen LogP contribution in [0.2, 0.25) is 0 Å². The molecule has 3 heteroatoms. The average molecular weight is 419 g/mol. The van der Waals surface area contributed by atoms with Crippen molar-refractivity contribution >= 4 is 0 Å². The predicted octanol–water partition coefficient (Wildman–Crippen LogP) is 5.62. The summed E-state index contributed by atoms with van der Waals surface area (Å²) < 4.78 is 6.44. The fourth-order valence-corrected chi connectivity index (χ4v) is 6.73. The molecular weight excluding hydrogens is 380 g/mol. The molecule has 0 unspecified atom stereocenters. The number of hydrogen-bond donors (Lipinski definition) is 1. The van der Waals surface area contributed by atoms with Gasteiger partial charge in [-0.05, 0) is 80.7 Å². The van der Waals surface area contributed by atoms with E-state index < -0.39 is 0 Å². The van der Waals surface area contributed by atoms with Crippen molar-refractivity contribution in [1.29, 1.82) is 0 Å². The van der Waals surface area contributed by atoms with Crippen molar-refractivity contribution in [3.8, 4) is 0 Å². The van der Waals surface area contributed by atoms with Gasteiger partial charge >= 0.3 is 0 Å². The Labute approximate surface area is 188 Å². The van der Waals surface area contributed by atoms with Crippen LogP contribution >= 0.6 is 0 Å². The number of nitrogens with zero attached hydrogens (tertiary/aromatic N) is 1. The van der Waals surface area contributed by atoms with E-state index >= 15 is 0 Å². The van der Waals surface area contributed by atoms with Crippen LogP contribution in [0.3, 0.4) is 0 Å². The molecule has 1 atom stereocenters. The molecule has 0 bridgehead atoms. The number of pyridine rings is 1. The van der Waals surface area contributed by atoms with E-state index in [1.54, 1.807) is 0 Å². The van der Waals surface area contributed by atoms with Gasteiger partial charge < -0.3 is 10.1 Å². The molecule has 1 saturated heterocycles. The van der Waals surface area contributed by atoms with Crippen LogP contribution in [0.5, 0.6) is 0 Å². The summed E-state index contributed by atoms with van der Waals surface area (Å²) in [5.41, 5.74) is 4.72. The predicted molar refractivity (Wildman–Crippen MR) is 126 cm³/mol. The Morgan fingerprint density at radius 2 is 1.68 bits per heavy atom. The quantitative estimate of drug-likeness (QED) is 0.661. The molecule has 1 spiro atoms. The average Bonchev–Trinajstić information content (AvgIpc) is 3.39. The van der Waals surface area contributed by atoms with Gasteiger partial charge in [0.2, 0.25) is 0 Å². The van der Waals surface area contributed by atoms with E-state index in [9.17, 15) is 0 Å². The van der Waals surface area contributed by atoms with Gasteiger partial charge in [0.15, 0.2) is 0 Å². The zero-order valence-electron chi connectivity index (χ0n) is 19.3. The molecule has 2 aliphatic carbocycles. The fraction of sp³-hybridized carbons (Fsp3) is 0.607. The summed E-state index contributed by atoms with van der Waals surface area (Å²) in [5, 5.41) is 4.09. The molecule has 2 fully saturated rings. The maximum absolute atomic E-state index is 6.44. The number of nitrogens with one attached hydrogen (secondary N) is 1. The van der Waals surface area contributed by atoms with E-state index in [-0.39, 0.29) is 16.6 Å². The van der Waals surface area contributed by atoms with Gasteiger partial charge in [-0.3, -0.25) is 4.98 Å². The Hall–Kier alpha value is -1.71. The third-order valence-electron chi connectivity index (χ3n) is 8.69. The number of hydrogen-bond acceptors (Lipinski definition) is 3. The molecule has 5 rings (SSSR count). The Bertz CT molecular complexity index is 862. The van der Waals surface area contributed by atoms with Crippen molar-refractivity contribution in [2.45, 2.75) is 88.2 Å². The highest BCUT2D eigenvalue weighted by molar-refractivity contribution is 5.36. The van der Waals surface area contributed by atoms with Crippen LogP contribution in [-0.2, 0) is 23.0 Å². The summed E-state index contributed by atoms with van der Waals surface area (Å²) in [7, 11) is 0. The zero-order chi connectivity index (χ0) is 21.4. The van der Waals surface area contributed by atoms with Gasteiger partial charge in [0, 0.05) is 29.5 Å². The second kappa shape index (κ2) is 8.33. The van der Waals surface area contributed by atoms with Gasteiger partial charge in [-0.25, -0.2) is 0 Å². The van der Waals surface area contributed by atoms with E-state index in [0.29, 0.717) is 5.92 Å². The Balaban J connectivity index is 1.36. The highest BCUT2D eigenvalue weighted by Crippen LogP contribution is 2.49. The highest BCUT2D eigenvalue weighted by atomic mass is 16.5. The van der Waals surface area contributed by atoms with Gasteiger partial charge in [-0.2, -0.15) is 0 Å². The minimum absolute atomic E-state index is 0.0924. The summed E-state index contributed by atoms with van der Waals surface area (Å²) in [4.78, 5) is 4.88. The molecule has 0 radical (unpaired) electrons. The monoisotopic (exact) mass is 418 g/mol. The van der Waals surface area contributed by atoms with Crippen molar-refractivity contribution in [2.75, 3.05) is 13.2 Å². The Kier molecular flexibility index (Phi) is 5.68. The van der Waals surface area contributed by atoms with Crippen molar-refractivity contribution < 1.29 is 4.74 Å². The number of rotatable bonds is 6. The first-order valence-electron chi connectivity index (χ1n) is 12.4. The topological polar surface area (TPSA) is 34.2 Å². The maximum Gasteiger partial charge on any atom is 0.0691 e. The molecule has 1 aromatic heterocycles. The third kappa shape index (κ3) is 3.96. The van der Waals surface area contributed by atoms with Crippen molar-refractivity contribution in [3.05, 3.63) is 65.5 Å². The van der Waals surface area contributed by atoms with Crippen LogP contribution in [0.25, 0.3) is 0 Å². The molecule has 1 N–H and O–H groups in total. The lowest BCUT2D eigenvalue weighted by molar-refractivity contribution is -0.104. The minimum Gasteiger partial charge on any atom is -0.375 e. The lowest BCUT2D eigenvalue weighted by Gasteiger charge is -2.47. The fourth-order valence-electron chi connectivity index (χ4n) is 6.73. The molecule has 1 saturated carbocycles. The summed E-state index contributed by atoms with van der Waals surface area (Å²) in [6, 6.07) is 15.5. The first-order chi connectivity index (χ1) is 15.1. The standard InChI is InChI=1S/C28H38N2O/c1-22(2)28(19-23-9-3-4-10-24(23)20-28)30-17-14-26(25-11-5-8-16-29-25)15-18-31-27(21-26)12-6-7-13-27/h3-5,8-11,16,22,30H,6-7,12-15,17-21H2,1-2H3/t26-/m1/s1. The lowest BCUT2D eigenvalue weighted by Crippen LogP contribution is -2.53. The minimum atomic E-state index is 0.0924. The highest BCUT2D eigenvalue weighted by Gasteiger charge is 2.49. The molecule has 0 amide bonds. The first-order valence-corrected chi connectivity index (χ1v) is 12.4. The number of aromatic nitrogens is 1. The van der Waals surface area contributed by atoms with Crippen molar-refractivity contribution in [2.24, 2.45) is 5.92 Å². The van der Waals surface area contributed by atoms with Crippen LogP contribution in [0.4, 0.5) is 0 Å². The van der Waals surface area contributed by atoms with Crippen LogP contribution in [0.1, 0.15) is 75.6 Å². The molecule has 166 valence electrons. The summed E-state index contributed by atoms with van der Waals surface area (Å²) in [6.45, 7) is 6.68. The van der Waals surface area contributed by atoms with Crippen LogP contribution in [0.15, 0.2) is 48.7 Å². The first kappa shape index (κ1) is 21.2. The second-order valence-electron chi connectivity index (χ2n) is 10.8. The van der Waals surface area contributed by atoms with Crippen LogP contribution < -0.4 is 5.32 Å². The Morgan fingerprint density at radius 1 is 0.968 bits per heavy atom. The number of benzene rings is 1. The van der Waals surface area contributed by atoms with E-state index in [0.717, 1.165) is 45.3 Å². The largest absolute Gasteiger partial charge is 0.375 e. The van der Waals surface area contributed by atoms with Crippen molar-refractivity contribution in [3.63, 3.8) is 0 Å². The molecular formula is C28H38N2O. The molecule has 31 heavy (non-hydrogen) atoms. The second-order valence-corrected chi connectivity index (χ2v) is 10.8. The molecule has 1 aliphatic heterocycles. The molecule has 1 aromatic carbocycles. The molecule has 2 aromatic rings. The van der Waals surface area contributed by atoms with Crippen molar-refractivity contribution in [1.82, 2.24) is 10.3 Å². The van der Waals surface area contributed by atoms with Crippen LogP contribution in [-0.4, -0.2) is 29.3 Å². The molecule has 3 aliphatic rings. The summed E-state index contributed by atoms with van der Waals surface area (Å²) in [6.07, 6.45) is 12.7. The number of fused-ring (bicyclic) bond motifs is 1. The lowest BCUT2D eigenvalue weighted by atomic mass is 9.67.